The lowest BCUT2D eigenvalue weighted by atomic mass is 9.43. The van der Waals surface area contributed by atoms with E-state index in [1.54, 1.807) is 6.92 Å². The standard InChI is InChI=1S/C24H29ClO8/c1-11-16(13(27)6-14(32-5)17(11)25)20(29)33-15-8-22(4)18-19(28)21(2,3)10-23(18,30)7-12(9-26)24(15,22)31/h6-7,9,15,18-19,27-28,30-31H,8,10H2,1-5H3/t15-,18-,19-,22-,23?,24?/m1/s1. The number of methoxy groups -OCH3 is 1. The number of fused-ring (bicyclic) bond motifs is 3. The summed E-state index contributed by atoms with van der Waals surface area (Å²) in [6.07, 6.45) is -0.00604. The highest BCUT2D eigenvalue weighted by Crippen LogP contribution is 2.69. The molecule has 3 aliphatic rings. The number of aromatic hydroxyl groups is 1. The average Bonchev–Trinajstić information content (AvgIpc) is 2.91. The van der Waals surface area contributed by atoms with Gasteiger partial charge < -0.3 is 29.9 Å². The van der Waals surface area contributed by atoms with Gasteiger partial charge in [-0.1, -0.05) is 32.4 Å². The molecule has 0 radical (unpaired) electrons. The van der Waals surface area contributed by atoms with Gasteiger partial charge in [0, 0.05) is 23.0 Å². The number of carbonyl (C=O) groups is 2. The third-order valence-electron chi connectivity index (χ3n) is 8.12. The van der Waals surface area contributed by atoms with Gasteiger partial charge in [-0.3, -0.25) is 4.79 Å². The lowest BCUT2D eigenvalue weighted by Gasteiger charge is -2.66. The Morgan fingerprint density at radius 3 is 2.48 bits per heavy atom. The van der Waals surface area contributed by atoms with E-state index in [4.69, 9.17) is 21.1 Å². The van der Waals surface area contributed by atoms with Crippen LogP contribution < -0.4 is 4.74 Å². The normalized spacial score (nSPS) is 38.5. The number of ether oxygens (including phenoxy) is 2. The van der Waals surface area contributed by atoms with Gasteiger partial charge in [-0.05, 0) is 36.8 Å². The van der Waals surface area contributed by atoms with Gasteiger partial charge >= 0.3 is 5.97 Å². The molecule has 4 N–H and O–H groups in total. The Hall–Kier alpha value is -2.13. The van der Waals surface area contributed by atoms with Crippen molar-refractivity contribution in [3.63, 3.8) is 0 Å². The SMILES string of the molecule is COc1cc(O)c(C(=O)O[C@@H]2C[C@]3(C)[C@H]4[C@@H](O)C(C)(C)CC4(O)C=C(C=O)C23O)c(C)c1Cl. The van der Waals surface area contributed by atoms with Crippen LogP contribution in [0.15, 0.2) is 17.7 Å². The summed E-state index contributed by atoms with van der Waals surface area (Å²) in [5, 5.41) is 44.6. The van der Waals surface area contributed by atoms with Crippen LogP contribution in [0.5, 0.6) is 11.5 Å². The van der Waals surface area contributed by atoms with Crippen LogP contribution in [0.25, 0.3) is 0 Å². The summed E-state index contributed by atoms with van der Waals surface area (Å²) < 4.78 is 10.7. The van der Waals surface area contributed by atoms with Crippen molar-refractivity contribution in [1.82, 2.24) is 0 Å². The number of phenolic OH excluding ortho intramolecular Hbond substituents is 1. The van der Waals surface area contributed by atoms with E-state index in [2.05, 4.69) is 0 Å². The number of rotatable bonds is 4. The van der Waals surface area contributed by atoms with Crippen molar-refractivity contribution in [2.75, 3.05) is 7.11 Å². The fourth-order valence-corrected chi connectivity index (χ4v) is 6.71. The van der Waals surface area contributed by atoms with E-state index in [9.17, 15) is 30.0 Å². The van der Waals surface area contributed by atoms with Crippen LogP contribution in [0.2, 0.25) is 5.02 Å². The van der Waals surface area contributed by atoms with Crippen LogP contribution >= 0.6 is 11.6 Å². The number of hydrogen-bond acceptors (Lipinski definition) is 8. The van der Waals surface area contributed by atoms with E-state index in [1.165, 1.54) is 26.2 Å². The molecule has 33 heavy (non-hydrogen) atoms. The zero-order valence-electron chi connectivity index (χ0n) is 19.2. The number of benzene rings is 1. The number of hydrogen-bond donors (Lipinski definition) is 4. The summed E-state index contributed by atoms with van der Waals surface area (Å²) in [4.78, 5) is 25.0. The molecule has 0 heterocycles. The zero-order chi connectivity index (χ0) is 24.7. The summed E-state index contributed by atoms with van der Waals surface area (Å²) in [7, 11) is 1.37. The molecule has 1 aromatic carbocycles. The molecule has 2 saturated carbocycles. The lowest BCUT2D eigenvalue weighted by molar-refractivity contribution is -0.272. The molecule has 9 heteroatoms. The summed E-state index contributed by atoms with van der Waals surface area (Å²) in [6.45, 7) is 6.84. The number of phenols is 1. The van der Waals surface area contributed by atoms with E-state index in [-0.39, 0.29) is 40.3 Å². The lowest BCUT2D eigenvalue weighted by Crippen LogP contribution is -2.76. The van der Waals surface area contributed by atoms with Crippen molar-refractivity contribution in [3.8, 4) is 11.5 Å². The van der Waals surface area contributed by atoms with Gasteiger partial charge in [0.05, 0.1) is 23.8 Å². The molecule has 4 rings (SSSR count). The average molecular weight is 481 g/mol. The van der Waals surface area contributed by atoms with E-state index in [0.717, 1.165) is 0 Å². The Labute approximate surface area is 196 Å². The monoisotopic (exact) mass is 480 g/mol. The van der Waals surface area contributed by atoms with Crippen LogP contribution in [-0.2, 0) is 9.53 Å². The molecule has 0 saturated heterocycles. The Balaban J connectivity index is 1.71. The van der Waals surface area contributed by atoms with Crippen molar-refractivity contribution in [1.29, 1.82) is 0 Å². The predicted octanol–water partition coefficient (Wildman–Crippen LogP) is 2.31. The van der Waals surface area contributed by atoms with Crippen molar-refractivity contribution in [2.45, 2.75) is 63.9 Å². The molecule has 0 aromatic heterocycles. The third kappa shape index (κ3) is 2.94. The first-order valence-corrected chi connectivity index (χ1v) is 11.1. The van der Waals surface area contributed by atoms with Gasteiger partial charge in [-0.2, -0.15) is 0 Å². The van der Waals surface area contributed by atoms with Crippen molar-refractivity contribution < 1.29 is 39.5 Å². The number of esters is 1. The number of halogens is 1. The maximum atomic E-state index is 13.0. The molecule has 8 nitrogen and oxygen atoms in total. The molecule has 2 fully saturated rings. The molecular formula is C24H29ClO8. The van der Waals surface area contributed by atoms with Gasteiger partial charge in [-0.25, -0.2) is 4.79 Å². The summed E-state index contributed by atoms with van der Waals surface area (Å²) >= 11 is 6.22. The molecule has 6 atom stereocenters. The fraction of sp³-hybridized carbons (Fsp3) is 0.583. The molecule has 0 bridgehead atoms. The summed E-state index contributed by atoms with van der Waals surface area (Å²) in [6, 6.07) is 1.19. The number of aliphatic hydroxyl groups is 3. The van der Waals surface area contributed by atoms with Crippen LogP contribution in [0, 0.1) is 23.7 Å². The van der Waals surface area contributed by atoms with E-state index in [1.807, 2.05) is 13.8 Å². The van der Waals surface area contributed by atoms with E-state index >= 15 is 0 Å². The number of carbonyl (C=O) groups excluding carboxylic acids is 2. The van der Waals surface area contributed by atoms with Gasteiger partial charge in [0.2, 0.25) is 0 Å². The van der Waals surface area contributed by atoms with Gasteiger partial charge in [0.1, 0.15) is 35.1 Å². The Bertz CT molecular complexity index is 1080. The molecule has 0 spiro atoms. The second-order valence-corrected chi connectivity index (χ2v) is 10.9. The molecule has 3 aliphatic carbocycles. The predicted molar refractivity (Wildman–Crippen MR) is 118 cm³/mol. The van der Waals surface area contributed by atoms with Gasteiger partial charge in [-0.15, -0.1) is 0 Å². The first-order chi connectivity index (χ1) is 15.2. The summed E-state index contributed by atoms with van der Waals surface area (Å²) in [5.74, 6) is -1.90. The highest BCUT2D eigenvalue weighted by atomic mass is 35.5. The molecule has 1 aromatic rings. The largest absolute Gasteiger partial charge is 0.507 e. The van der Waals surface area contributed by atoms with E-state index < -0.39 is 51.9 Å². The van der Waals surface area contributed by atoms with Crippen molar-refractivity contribution in [3.05, 3.63) is 33.9 Å². The third-order valence-corrected chi connectivity index (χ3v) is 8.59. The van der Waals surface area contributed by atoms with Crippen LogP contribution in [0.3, 0.4) is 0 Å². The molecule has 0 amide bonds. The zero-order valence-corrected chi connectivity index (χ0v) is 19.9. The molecule has 180 valence electrons. The smallest absolute Gasteiger partial charge is 0.342 e. The maximum absolute atomic E-state index is 13.0. The minimum absolute atomic E-state index is 0.0913. The summed E-state index contributed by atoms with van der Waals surface area (Å²) in [5.41, 5.74) is -5.20. The highest BCUT2D eigenvalue weighted by Gasteiger charge is 2.77. The Kier molecular flexibility index (Phi) is 5.23. The van der Waals surface area contributed by atoms with E-state index in [0.29, 0.717) is 6.29 Å². The van der Waals surface area contributed by atoms with Gasteiger partial charge in [0.15, 0.2) is 0 Å². The number of aliphatic hydroxyl groups excluding tert-OH is 1. The van der Waals surface area contributed by atoms with Crippen LogP contribution in [-0.4, -0.2) is 63.2 Å². The second kappa shape index (κ2) is 7.18. The fourth-order valence-electron chi connectivity index (χ4n) is 6.49. The minimum Gasteiger partial charge on any atom is -0.507 e. The Morgan fingerprint density at radius 2 is 1.91 bits per heavy atom. The maximum Gasteiger partial charge on any atom is 0.342 e. The molecule has 2 unspecified atom stereocenters. The van der Waals surface area contributed by atoms with Crippen molar-refractivity contribution in [2.24, 2.45) is 16.7 Å². The first-order valence-electron chi connectivity index (χ1n) is 10.8. The first kappa shape index (κ1) is 24.0. The highest BCUT2D eigenvalue weighted by molar-refractivity contribution is 6.33. The van der Waals surface area contributed by atoms with Crippen molar-refractivity contribution >= 4 is 23.9 Å². The Morgan fingerprint density at radius 1 is 1.27 bits per heavy atom. The minimum atomic E-state index is -1.91. The quantitative estimate of drug-likeness (QED) is 0.381. The van der Waals surface area contributed by atoms with Gasteiger partial charge in [0.25, 0.3) is 0 Å². The number of aldehydes is 1. The molecular weight excluding hydrogens is 452 g/mol. The van der Waals surface area contributed by atoms with Crippen LogP contribution in [0.4, 0.5) is 0 Å². The second-order valence-electron chi connectivity index (χ2n) is 10.5. The topological polar surface area (TPSA) is 134 Å². The van der Waals surface area contributed by atoms with Crippen LogP contribution in [0.1, 0.15) is 49.5 Å². The molecule has 0 aliphatic heterocycles.